The molecule has 0 saturated carbocycles. The van der Waals surface area contributed by atoms with Gasteiger partial charge in [0.15, 0.2) is 0 Å². The van der Waals surface area contributed by atoms with Crippen LogP contribution < -0.4 is 10.6 Å². The molecule has 76 valence electrons. The second-order valence-electron chi connectivity index (χ2n) is 3.63. The highest BCUT2D eigenvalue weighted by atomic mass is 15.2. The van der Waals surface area contributed by atoms with E-state index in [1.165, 1.54) is 12.8 Å². The number of anilines is 1. The maximum atomic E-state index is 5.59. The maximum absolute atomic E-state index is 5.59. The van der Waals surface area contributed by atoms with Crippen LogP contribution in [0.3, 0.4) is 0 Å². The minimum Gasteiger partial charge on any atom is -0.352 e. The Morgan fingerprint density at radius 3 is 3.14 bits per heavy atom. The third kappa shape index (κ3) is 1.85. The zero-order chi connectivity index (χ0) is 9.80. The van der Waals surface area contributed by atoms with Crippen molar-refractivity contribution in [1.82, 2.24) is 9.97 Å². The lowest BCUT2D eigenvalue weighted by Crippen LogP contribution is -2.31. The van der Waals surface area contributed by atoms with Crippen molar-refractivity contribution in [3.05, 3.63) is 18.6 Å². The molecule has 0 amide bonds. The van der Waals surface area contributed by atoms with Crippen LogP contribution in [-0.2, 0) is 0 Å². The van der Waals surface area contributed by atoms with Crippen LogP contribution in [0.1, 0.15) is 19.3 Å². The van der Waals surface area contributed by atoms with Crippen LogP contribution in [0.25, 0.3) is 0 Å². The van der Waals surface area contributed by atoms with Gasteiger partial charge in [-0.25, -0.2) is 4.98 Å². The molecule has 2 heterocycles. The van der Waals surface area contributed by atoms with Crippen LogP contribution in [0.15, 0.2) is 18.6 Å². The lowest BCUT2D eigenvalue weighted by molar-refractivity contribution is 0.613. The highest BCUT2D eigenvalue weighted by Gasteiger charge is 2.24. The molecule has 1 aliphatic rings. The summed E-state index contributed by atoms with van der Waals surface area (Å²) in [5.41, 5.74) is 5.59. The average molecular weight is 192 g/mol. The normalized spacial score (nSPS) is 21.5. The first kappa shape index (κ1) is 9.40. The zero-order valence-electron chi connectivity index (χ0n) is 8.26. The van der Waals surface area contributed by atoms with Gasteiger partial charge in [0, 0.05) is 25.0 Å². The Kier molecular flexibility index (Phi) is 2.93. The van der Waals surface area contributed by atoms with E-state index in [1.54, 1.807) is 12.4 Å². The van der Waals surface area contributed by atoms with Crippen molar-refractivity contribution in [2.75, 3.05) is 18.0 Å². The molecule has 1 fully saturated rings. The van der Waals surface area contributed by atoms with Crippen molar-refractivity contribution >= 4 is 5.82 Å². The monoisotopic (exact) mass is 192 g/mol. The minimum absolute atomic E-state index is 0.566. The molecule has 1 saturated heterocycles. The van der Waals surface area contributed by atoms with Crippen molar-refractivity contribution in [2.24, 2.45) is 5.73 Å². The zero-order valence-corrected chi connectivity index (χ0v) is 8.26. The Morgan fingerprint density at radius 2 is 2.43 bits per heavy atom. The molecule has 4 heteroatoms. The number of hydrogen-bond acceptors (Lipinski definition) is 4. The molecular formula is C10H16N4. The molecule has 2 N–H and O–H groups in total. The van der Waals surface area contributed by atoms with Crippen LogP contribution >= 0.6 is 0 Å². The van der Waals surface area contributed by atoms with E-state index in [2.05, 4.69) is 14.9 Å². The highest BCUT2D eigenvalue weighted by Crippen LogP contribution is 2.24. The second kappa shape index (κ2) is 4.37. The topological polar surface area (TPSA) is 55.0 Å². The van der Waals surface area contributed by atoms with Gasteiger partial charge in [-0.05, 0) is 25.8 Å². The maximum Gasteiger partial charge on any atom is 0.147 e. The molecule has 1 aromatic heterocycles. The number of rotatable bonds is 3. The Bertz CT molecular complexity index is 275. The van der Waals surface area contributed by atoms with Gasteiger partial charge in [0.25, 0.3) is 0 Å². The molecule has 2 rings (SSSR count). The minimum atomic E-state index is 0.566. The number of nitrogens with two attached hydrogens (primary N) is 1. The number of hydrogen-bond donors (Lipinski definition) is 1. The summed E-state index contributed by atoms with van der Waals surface area (Å²) >= 11 is 0. The number of aromatic nitrogens is 2. The lowest BCUT2D eigenvalue weighted by Gasteiger charge is -2.24. The molecule has 0 aromatic carbocycles. The molecule has 1 aromatic rings. The quantitative estimate of drug-likeness (QED) is 0.769. The summed E-state index contributed by atoms with van der Waals surface area (Å²) in [5, 5.41) is 0. The molecule has 14 heavy (non-hydrogen) atoms. The van der Waals surface area contributed by atoms with E-state index in [0.717, 1.165) is 25.3 Å². The van der Waals surface area contributed by atoms with Crippen LogP contribution in [0.4, 0.5) is 5.82 Å². The van der Waals surface area contributed by atoms with E-state index >= 15 is 0 Å². The molecule has 0 aliphatic carbocycles. The van der Waals surface area contributed by atoms with Gasteiger partial charge in [-0.1, -0.05) is 0 Å². The van der Waals surface area contributed by atoms with Crippen LogP contribution in [-0.4, -0.2) is 29.1 Å². The molecule has 0 bridgehead atoms. The molecule has 4 nitrogen and oxygen atoms in total. The molecular weight excluding hydrogens is 176 g/mol. The third-order valence-corrected chi connectivity index (χ3v) is 2.72. The van der Waals surface area contributed by atoms with Crippen LogP contribution in [0.2, 0.25) is 0 Å². The van der Waals surface area contributed by atoms with Gasteiger partial charge in [0.05, 0.1) is 6.20 Å². The van der Waals surface area contributed by atoms with Gasteiger partial charge in [-0.2, -0.15) is 0 Å². The summed E-state index contributed by atoms with van der Waals surface area (Å²) in [5.74, 6) is 0.989. The van der Waals surface area contributed by atoms with Gasteiger partial charge >= 0.3 is 0 Å². The van der Waals surface area contributed by atoms with E-state index in [4.69, 9.17) is 5.73 Å². The molecule has 1 atom stereocenters. The smallest absolute Gasteiger partial charge is 0.147 e. The summed E-state index contributed by atoms with van der Waals surface area (Å²) in [6, 6.07) is 0.566. The fraction of sp³-hybridized carbons (Fsp3) is 0.600. The first-order valence-corrected chi connectivity index (χ1v) is 5.14. The van der Waals surface area contributed by atoms with Gasteiger partial charge in [0.2, 0.25) is 0 Å². The first-order valence-electron chi connectivity index (χ1n) is 5.14. The number of nitrogens with zero attached hydrogens (tertiary/aromatic N) is 3. The van der Waals surface area contributed by atoms with Crippen molar-refractivity contribution in [3.8, 4) is 0 Å². The SMILES string of the molecule is NCCC1CCCN1c1cnccn1. The molecule has 0 spiro atoms. The van der Waals surface area contributed by atoms with Gasteiger partial charge in [-0.3, -0.25) is 4.98 Å². The standard InChI is InChI=1S/C10H16N4/c11-4-3-9-2-1-7-14(9)10-8-12-5-6-13-10/h5-6,8-9H,1-4,7,11H2. The summed E-state index contributed by atoms with van der Waals surface area (Å²) in [7, 11) is 0. The van der Waals surface area contributed by atoms with E-state index in [0.29, 0.717) is 6.04 Å². The lowest BCUT2D eigenvalue weighted by atomic mass is 10.1. The first-order chi connectivity index (χ1) is 6.92. The van der Waals surface area contributed by atoms with Crippen molar-refractivity contribution < 1.29 is 0 Å². The molecule has 0 radical (unpaired) electrons. The summed E-state index contributed by atoms with van der Waals surface area (Å²) in [6.45, 7) is 1.84. The Labute approximate surface area is 84.2 Å². The van der Waals surface area contributed by atoms with Crippen molar-refractivity contribution in [2.45, 2.75) is 25.3 Å². The van der Waals surface area contributed by atoms with Gasteiger partial charge in [-0.15, -0.1) is 0 Å². The average Bonchev–Trinajstić information content (AvgIpc) is 2.68. The van der Waals surface area contributed by atoms with E-state index in [1.807, 2.05) is 6.20 Å². The van der Waals surface area contributed by atoms with Gasteiger partial charge in [0.1, 0.15) is 5.82 Å². The van der Waals surface area contributed by atoms with Crippen molar-refractivity contribution in [1.29, 1.82) is 0 Å². The highest BCUT2D eigenvalue weighted by molar-refractivity contribution is 5.38. The Balaban J connectivity index is 2.10. The predicted octanol–water partition coefficient (Wildman–Crippen LogP) is 0.794. The third-order valence-electron chi connectivity index (χ3n) is 2.72. The van der Waals surface area contributed by atoms with Crippen molar-refractivity contribution in [3.63, 3.8) is 0 Å². The summed E-state index contributed by atoms with van der Waals surface area (Å²) < 4.78 is 0. The fourth-order valence-electron chi connectivity index (χ4n) is 2.07. The molecule has 1 unspecified atom stereocenters. The second-order valence-corrected chi connectivity index (χ2v) is 3.63. The van der Waals surface area contributed by atoms with Gasteiger partial charge < -0.3 is 10.6 Å². The predicted molar refractivity (Wildman–Crippen MR) is 56.1 cm³/mol. The summed E-state index contributed by atoms with van der Waals surface area (Å²) in [6.07, 6.45) is 8.80. The van der Waals surface area contributed by atoms with E-state index in [9.17, 15) is 0 Å². The Morgan fingerprint density at radius 1 is 1.50 bits per heavy atom. The van der Waals surface area contributed by atoms with Crippen LogP contribution in [0.5, 0.6) is 0 Å². The van der Waals surface area contributed by atoms with E-state index < -0.39 is 0 Å². The fourth-order valence-corrected chi connectivity index (χ4v) is 2.07. The largest absolute Gasteiger partial charge is 0.352 e. The summed E-state index contributed by atoms with van der Waals surface area (Å²) in [4.78, 5) is 10.7. The molecule has 1 aliphatic heterocycles. The van der Waals surface area contributed by atoms with E-state index in [-0.39, 0.29) is 0 Å². The van der Waals surface area contributed by atoms with Crippen LogP contribution in [0, 0.1) is 0 Å². The Hall–Kier alpha value is -1.16.